The van der Waals surface area contributed by atoms with E-state index in [9.17, 15) is 4.79 Å². The molecule has 0 aromatic rings. The topological polar surface area (TPSA) is 35.5 Å². The zero-order valence-corrected chi connectivity index (χ0v) is 8.06. The summed E-state index contributed by atoms with van der Waals surface area (Å²) in [5.41, 5.74) is 0. The van der Waals surface area contributed by atoms with Crippen LogP contribution in [0.4, 0.5) is 0 Å². The van der Waals surface area contributed by atoms with Crippen molar-refractivity contribution in [3.8, 4) is 0 Å². The summed E-state index contributed by atoms with van der Waals surface area (Å²) in [5.74, 6) is -1.25. The van der Waals surface area contributed by atoms with Crippen molar-refractivity contribution in [3.05, 3.63) is 0 Å². The van der Waals surface area contributed by atoms with Gasteiger partial charge in [-0.2, -0.15) is 0 Å². The highest BCUT2D eigenvalue weighted by Gasteiger charge is 2.47. The van der Waals surface area contributed by atoms with Crippen molar-refractivity contribution in [2.24, 2.45) is 0 Å². The fraction of sp³-hybridized carbons (Fsp3) is 0.875. The van der Waals surface area contributed by atoms with Gasteiger partial charge in [-0.1, -0.05) is 0 Å². The molecule has 4 heteroatoms. The van der Waals surface area contributed by atoms with Gasteiger partial charge in [0, 0.05) is 20.6 Å². The highest BCUT2D eigenvalue weighted by Crippen LogP contribution is 2.32. The molecule has 0 aromatic carbocycles. The van der Waals surface area contributed by atoms with E-state index >= 15 is 0 Å². The average Bonchev–Trinajstić information content (AvgIpc) is 2.06. The first-order valence-corrected chi connectivity index (χ1v) is 4.38. The zero-order valence-electron chi connectivity index (χ0n) is 7.30. The summed E-state index contributed by atoms with van der Waals surface area (Å²) in [6, 6.07) is 0. The van der Waals surface area contributed by atoms with Crippen LogP contribution in [0.1, 0.15) is 19.3 Å². The molecule has 70 valence electrons. The molecule has 1 fully saturated rings. The molecule has 0 aliphatic heterocycles. The van der Waals surface area contributed by atoms with Gasteiger partial charge in [0.25, 0.3) is 0 Å². The second kappa shape index (κ2) is 3.73. The van der Waals surface area contributed by atoms with Gasteiger partial charge in [0.2, 0.25) is 5.79 Å². The normalized spacial score (nSPS) is 28.9. The Hall–Kier alpha value is -0.120. The number of halogens is 1. The van der Waals surface area contributed by atoms with E-state index in [4.69, 9.17) is 21.1 Å². The van der Waals surface area contributed by atoms with Crippen LogP contribution in [0.5, 0.6) is 0 Å². The van der Waals surface area contributed by atoms with Crippen LogP contribution in [0.25, 0.3) is 0 Å². The number of rotatable bonds is 2. The largest absolute Gasteiger partial charge is 0.346 e. The molecule has 0 heterocycles. The van der Waals surface area contributed by atoms with E-state index < -0.39 is 5.79 Å². The minimum atomic E-state index is -1.19. The Morgan fingerprint density at radius 1 is 1.50 bits per heavy atom. The Morgan fingerprint density at radius 2 is 2.08 bits per heavy atom. The van der Waals surface area contributed by atoms with E-state index in [-0.39, 0.29) is 11.2 Å². The van der Waals surface area contributed by atoms with Crippen LogP contribution in [-0.4, -0.2) is 31.2 Å². The number of carbonyl (C=O) groups excluding carboxylic acids is 1. The standard InChI is InChI=1S/C8H13ClO3/c1-11-8(12-2)6(9)4-3-5-7(8)10/h6H,3-5H2,1-2H3. The van der Waals surface area contributed by atoms with Crippen molar-refractivity contribution in [1.29, 1.82) is 0 Å². The molecule has 1 atom stereocenters. The molecule has 3 nitrogen and oxygen atoms in total. The molecule has 0 aromatic heterocycles. The Balaban J connectivity index is 2.85. The van der Waals surface area contributed by atoms with Gasteiger partial charge in [-0.25, -0.2) is 0 Å². The summed E-state index contributed by atoms with van der Waals surface area (Å²) in [6.07, 6.45) is 2.07. The summed E-state index contributed by atoms with van der Waals surface area (Å²) in [4.78, 5) is 11.5. The lowest BCUT2D eigenvalue weighted by Crippen LogP contribution is -2.52. The molecule has 0 N–H and O–H groups in total. The lowest BCUT2D eigenvalue weighted by molar-refractivity contribution is -0.212. The number of ether oxygens (including phenoxy) is 2. The molecule has 1 unspecified atom stereocenters. The highest BCUT2D eigenvalue weighted by atomic mass is 35.5. The highest BCUT2D eigenvalue weighted by molar-refractivity contribution is 6.23. The van der Waals surface area contributed by atoms with E-state index in [1.165, 1.54) is 14.2 Å². The van der Waals surface area contributed by atoms with E-state index in [0.29, 0.717) is 6.42 Å². The number of Topliss-reactive ketones (excluding diaryl/α,β-unsaturated/α-hetero) is 1. The van der Waals surface area contributed by atoms with Gasteiger partial charge in [-0.3, -0.25) is 4.79 Å². The van der Waals surface area contributed by atoms with E-state index in [2.05, 4.69) is 0 Å². The monoisotopic (exact) mass is 192 g/mol. The molecule has 0 spiro atoms. The van der Waals surface area contributed by atoms with Gasteiger partial charge in [0.15, 0.2) is 5.78 Å². The molecule has 0 amide bonds. The van der Waals surface area contributed by atoms with Crippen LogP contribution >= 0.6 is 11.6 Å². The summed E-state index contributed by atoms with van der Waals surface area (Å²) >= 11 is 5.96. The van der Waals surface area contributed by atoms with E-state index in [1.807, 2.05) is 0 Å². The van der Waals surface area contributed by atoms with Crippen LogP contribution < -0.4 is 0 Å². The Labute approximate surface area is 77.0 Å². The van der Waals surface area contributed by atoms with Gasteiger partial charge < -0.3 is 9.47 Å². The smallest absolute Gasteiger partial charge is 0.245 e. The van der Waals surface area contributed by atoms with Crippen molar-refractivity contribution in [3.63, 3.8) is 0 Å². The predicted octanol–water partition coefficient (Wildman–Crippen LogP) is 1.34. The molecular weight excluding hydrogens is 180 g/mol. The number of hydrogen-bond donors (Lipinski definition) is 0. The fourth-order valence-electron chi connectivity index (χ4n) is 1.55. The number of carbonyl (C=O) groups is 1. The summed E-state index contributed by atoms with van der Waals surface area (Å²) in [5, 5.41) is -0.367. The number of hydrogen-bond acceptors (Lipinski definition) is 3. The number of ketones is 1. The maximum Gasteiger partial charge on any atom is 0.245 e. The summed E-state index contributed by atoms with van der Waals surface area (Å²) in [7, 11) is 2.89. The van der Waals surface area contributed by atoms with E-state index in [0.717, 1.165) is 12.8 Å². The Kier molecular flexibility index (Phi) is 3.09. The first-order chi connectivity index (χ1) is 5.67. The molecule has 1 aliphatic rings. The van der Waals surface area contributed by atoms with Crippen LogP contribution in [0.15, 0.2) is 0 Å². The van der Waals surface area contributed by atoms with Crippen molar-refractivity contribution in [2.75, 3.05) is 14.2 Å². The molecule has 12 heavy (non-hydrogen) atoms. The molecule has 0 saturated heterocycles. The Bertz CT molecular complexity index is 177. The van der Waals surface area contributed by atoms with Crippen molar-refractivity contribution in [2.45, 2.75) is 30.4 Å². The maximum absolute atomic E-state index is 11.5. The first-order valence-electron chi connectivity index (χ1n) is 3.95. The number of alkyl halides is 1. The van der Waals surface area contributed by atoms with Crippen molar-refractivity contribution >= 4 is 17.4 Å². The molecule has 1 saturated carbocycles. The molecule has 1 aliphatic carbocycles. The average molecular weight is 193 g/mol. The van der Waals surface area contributed by atoms with E-state index in [1.54, 1.807) is 0 Å². The third-order valence-corrected chi connectivity index (χ3v) is 2.77. The van der Waals surface area contributed by atoms with Crippen molar-refractivity contribution in [1.82, 2.24) is 0 Å². The summed E-state index contributed by atoms with van der Waals surface area (Å²) in [6.45, 7) is 0. The quantitative estimate of drug-likeness (QED) is 0.489. The molecule has 0 bridgehead atoms. The fourth-order valence-corrected chi connectivity index (χ4v) is 2.00. The maximum atomic E-state index is 11.5. The van der Waals surface area contributed by atoms with Gasteiger partial charge >= 0.3 is 0 Å². The van der Waals surface area contributed by atoms with Crippen LogP contribution in [0.2, 0.25) is 0 Å². The minimum absolute atomic E-state index is 0.0567. The minimum Gasteiger partial charge on any atom is -0.346 e. The molecule has 1 rings (SSSR count). The van der Waals surface area contributed by atoms with Crippen LogP contribution in [0.3, 0.4) is 0 Å². The van der Waals surface area contributed by atoms with Gasteiger partial charge in [-0.15, -0.1) is 11.6 Å². The van der Waals surface area contributed by atoms with Crippen molar-refractivity contribution < 1.29 is 14.3 Å². The molecular formula is C8H13ClO3. The third kappa shape index (κ3) is 1.37. The predicted molar refractivity (Wildman–Crippen MR) is 45.2 cm³/mol. The van der Waals surface area contributed by atoms with Crippen LogP contribution in [-0.2, 0) is 14.3 Å². The summed E-state index contributed by atoms with van der Waals surface area (Å²) < 4.78 is 10.1. The zero-order chi connectivity index (χ0) is 9.19. The lowest BCUT2D eigenvalue weighted by Gasteiger charge is -2.36. The first kappa shape index (κ1) is 9.96. The Morgan fingerprint density at radius 3 is 2.42 bits per heavy atom. The lowest BCUT2D eigenvalue weighted by atomic mass is 9.92. The van der Waals surface area contributed by atoms with Gasteiger partial charge in [0.1, 0.15) is 0 Å². The second-order valence-electron chi connectivity index (χ2n) is 2.86. The SMILES string of the molecule is COC1(OC)C(=O)CCCC1Cl. The second-order valence-corrected chi connectivity index (χ2v) is 3.39. The van der Waals surface area contributed by atoms with Gasteiger partial charge in [-0.05, 0) is 12.8 Å². The van der Waals surface area contributed by atoms with Gasteiger partial charge in [0.05, 0.1) is 5.38 Å². The number of methoxy groups -OCH3 is 2. The van der Waals surface area contributed by atoms with Crippen LogP contribution in [0, 0.1) is 0 Å². The molecule has 0 radical (unpaired) electrons. The third-order valence-electron chi connectivity index (χ3n) is 2.27.